The molecule has 0 radical (unpaired) electrons. The van der Waals surface area contributed by atoms with Crippen molar-refractivity contribution < 1.29 is 19.7 Å². The van der Waals surface area contributed by atoms with Crippen LogP contribution in [0.4, 0.5) is 0 Å². The Morgan fingerprint density at radius 1 is 1.53 bits per heavy atom. The van der Waals surface area contributed by atoms with Gasteiger partial charge in [-0.1, -0.05) is 18.2 Å². The summed E-state index contributed by atoms with van der Waals surface area (Å²) in [4.78, 5) is 11.0. The zero-order valence-corrected chi connectivity index (χ0v) is 9.52. The van der Waals surface area contributed by atoms with Gasteiger partial charge in [-0.05, 0) is 20.8 Å². The van der Waals surface area contributed by atoms with E-state index in [-0.39, 0.29) is 0 Å². The molecule has 0 bridgehead atoms. The van der Waals surface area contributed by atoms with Crippen molar-refractivity contribution in [2.45, 2.75) is 32.5 Å². The second-order valence-electron chi connectivity index (χ2n) is 3.60. The maximum absolute atomic E-state index is 11.0. The van der Waals surface area contributed by atoms with Crippen molar-refractivity contribution in [2.75, 3.05) is 7.11 Å². The Labute approximate surface area is 89.9 Å². The first kappa shape index (κ1) is 13.9. The van der Waals surface area contributed by atoms with Crippen molar-refractivity contribution in [1.29, 1.82) is 0 Å². The van der Waals surface area contributed by atoms with Gasteiger partial charge in [0.15, 0.2) is 0 Å². The fraction of sp³-hybridized carbons (Fsp3) is 0.545. The molecule has 0 fully saturated rings. The van der Waals surface area contributed by atoms with Crippen molar-refractivity contribution in [1.82, 2.24) is 0 Å². The Bertz CT molecular complexity index is 274. The van der Waals surface area contributed by atoms with Crippen molar-refractivity contribution in [3.8, 4) is 0 Å². The van der Waals surface area contributed by atoms with Crippen LogP contribution in [-0.2, 0) is 9.53 Å². The van der Waals surface area contributed by atoms with Gasteiger partial charge in [0.25, 0.3) is 0 Å². The van der Waals surface area contributed by atoms with Gasteiger partial charge < -0.3 is 14.9 Å². The van der Waals surface area contributed by atoms with Crippen molar-refractivity contribution in [2.24, 2.45) is 0 Å². The average molecular weight is 214 g/mol. The summed E-state index contributed by atoms with van der Waals surface area (Å²) in [6, 6.07) is 0. The molecule has 0 aromatic rings. The summed E-state index contributed by atoms with van der Waals surface area (Å²) >= 11 is 0. The number of allylic oxidation sites excluding steroid dienone is 2. The largest absolute Gasteiger partial charge is 0.466 e. The molecule has 0 aliphatic heterocycles. The molecule has 4 nitrogen and oxygen atoms in total. The molecule has 0 heterocycles. The third kappa shape index (κ3) is 4.76. The molecule has 0 aliphatic carbocycles. The average Bonchev–Trinajstić information content (AvgIpc) is 2.15. The monoisotopic (exact) mass is 214 g/mol. The van der Waals surface area contributed by atoms with E-state index >= 15 is 0 Å². The number of carbonyl (C=O) groups excluding carboxylic acids is 1. The molecule has 0 unspecified atom stereocenters. The Kier molecular flexibility index (Phi) is 5.25. The van der Waals surface area contributed by atoms with Crippen LogP contribution in [0.3, 0.4) is 0 Å². The molecule has 86 valence electrons. The summed E-state index contributed by atoms with van der Waals surface area (Å²) < 4.78 is 4.49. The molecular weight excluding hydrogens is 196 g/mol. The molecule has 0 saturated heterocycles. The summed E-state index contributed by atoms with van der Waals surface area (Å²) in [5.74, 6) is -0.420. The van der Waals surface area contributed by atoms with E-state index in [1.54, 1.807) is 6.92 Å². The molecule has 4 heteroatoms. The Balaban J connectivity index is 4.50. The minimum atomic E-state index is -1.30. The van der Waals surface area contributed by atoms with Crippen LogP contribution in [0.2, 0.25) is 0 Å². The lowest BCUT2D eigenvalue weighted by Gasteiger charge is -2.21. The predicted octanol–water partition coefficient (Wildman–Crippen LogP) is 0.794. The van der Waals surface area contributed by atoms with Crippen LogP contribution in [-0.4, -0.2) is 35.0 Å². The zero-order valence-electron chi connectivity index (χ0n) is 9.52. The molecular formula is C11H18O4. The van der Waals surface area contributed by atoms with Crippen LogP contribution >= 0.6 is 0 Å². The van der Waals surface area contributed by atoms with Gasteiger partial charge in [-0.2, -0.15) is 0 Å². The van der Waals surface area contributed by atoms with E-state index in [9.17, 15) is 15.0 Å². The fourth-order valence-electron chi connectivity index (χ4n) is 0.756. The summed E-state index contributed by atoms with van der Waals surface area (Å²) in [5.41, 5.74) is -0.873. The van der Waals surface area contributed by atoms with Gasteiger partial charge in [0.1, 0.15) is 5.60 Å². The van der Waals surface area contributed by atoms with E-state index in [2.05, 4.69) is 4.74 Å². The Hall–Kier alpha value is -1.13. The van der Waals surface area contributed by atoms with E-state index in [4.69, 9.17) is 0 Å². The number of carbonyl (C=O) groups is 1. The lowest BCUT2D eigenvalue weighted by Crippen LogP contribution is -2.34. The minimum absolute atomic E-state index is 0.420. The second kappa shape index (κ2) is 5.68. The summed E-state index contributed by atoms with van der Waals surface area (Å²) in [6.45, 7) is 4.57. The van der Waals surface area contributed by atoms with Gasteiger partial charge in [0.05, 0.1) is 13.2 Å². The molecule has 0 saturated carbocycles. The zero-order chi connectivity index (χ0) is 12.1. The van der Waals surface area contributed by atoms with Crippen LogP contribution < -0.4 is 0 Å². The molecule has 0 aliphatic rings. The highest BCUT2D eigenvalue weighted by molar-refractivity contribution is 5.87. The van der Waals surface area contributed by atoms with Gasteiger partial charge in [-0.15, -0.1) is 0 Å². The molecule has 0 amide bonds. The van der Waals surface area contributed by atoms with E-state index in [1.165, 1.54) is 39.2 Å². The second-order valence-corrected chi connectivity index (χ2v) is 3.60. The van der Waals surface area contributed by atoms with E-state index < -0.39 is 17.7 Å². The van der Waals surface area contributed by atoms with Crippen LogP contribution in [0.1, 0.15) is 20.8 Å². The molecule has 2 N–H and O–H groups in total. The Morgan fingerprint density at radius 2 is 2.07 bits per heavy atom. The SMILES string of the molecule is COC(=O)/C(C)=C/C=C/[C@@](C)(O)[C@@H](C)O. The normalized spacial score (nSPS) is 18.7. The first-order valence-corrected chi connectivity index (χ1v) is 4.66. The molecule has 2 atom stereocenters. The molecule has 0 rings (SSSR count). The number of rotatable bonds is 4. The van der Waals surface area contributed by atoms with Crippen molar-refractivity contribution >= 4 is 5.97 Å². The quantitative estimate of drug-likeness (QED) is 0.412. The van der Waals surface area contributed by atoms with E-state index in [1.807, 2.05) is 0 Å². The van der Waals surface area contributed by atoms with Crippen LogP contribution in [0, 0.1) is 0 Å². The fourth-order valence-corrected chi connectivity index (χ4v) is 0.756. The van der Waals surface area contributed by atoms with Gasteiger partial charge in [-0.25, -0.2) is 4.79 Å². The van der Waals surface area contributed by atoms with E-state index in [0.717, 1.165) is 0 Å². The molecule has 0 aromatic heterocycles. The lowest BCUT2D eigenvalue weighted by atomic mass is 10.00. The Morgan fingerprint density at radius 3 is 2.47 bits per heavy atom. The van der Waals surface area contributed by atoms with E-state index in [0.29, 0.717) is 5.57 Å². The highest BCUT2D eigenvalue weighted by Gasteiger charge is 2.22. The van der Waals surface area contributed by atoms with Crippen LogP contribution in [0.5, 0.6) is 0 Å². The van der Waals surface area contributed by atoms with Gasteiger partial charge >= 0.3 is 5.97 Å². The number of esters is 1. The van der Waals surface area contributed by atoms with Gasteiger partial charge in [-0.3, -0.25) is 0 Å². The highest BCUT2D eigenvalue weighted by Crippen LogP contribution is 2.11. The topological polar surface area (TPSA) is 66.8 Å². The number of methoxy groups -OCH3 is 1. The predicted molar refractivity (Wildman–Crippen MR) is 57.2 cm³/mol. The number of ether oxygens (including phenoxy) is 1. The summed E-state index contributed by atoms with van der Waals surface area (Å²) in [7, 11) is 1.30. The van der Waals surface area contributed by atoms with Crippen molar-refractivity contribution in [3.05, 3.63) is 23.8 Å². The maximum Gasteiger partial charge on any atom is 0.333 e. The lowest BCUT2D eigenvalue weighted by molar-refractivity contribution is -0.136. The minimum Gasteiger partial charge on any atom is -0.466 e. The van der Waals surface area contributed by atoms with Crippen LogP contribution in [0.15, 0.2) is 23.8 Å². The summed E-state index contributed by atoms with van der Waals surface area (Å²) in [5, 5.41) is 18.8. The number of hydrogen-bond donors (Lipinski definition) is 2. The third-order valence-electron chi connectivity index (χ3n) is 2.13. The summed E-state index contributed by atoms with van der Waals surface area (Å²) in [6.07, 6.45) is 3.58. The number of aliphatic hydroxyl groups excluding tert-OH is 1. The van der Waals surface area contributed by atoms with Gasteiger partial charge in [0, 0.05) is 5.57 Å². The first-order valence-electron chi connectivity index (χ1n) is 4.66. The third-order valence-corrected chi connectivity index (χ3v) is 2.13. The van der Waals surface area contributed by atoms with Crippen molar-refractivity contribution in [3.63, 3.8) is 0 Å². The van der Waals surface area contributed by atoms with Gasteiger partial charge in [0.2, 0.25) is 0 Å². The molecule has 0 spiro atoms. The molecule has 0 aromatic carbocycles. The highest BCUT2D eigenvalue weighted by atomic mass is 16.5. The smallest absolute Gasteiger partial charge is 0.333 e. The molecule has 15 heavy (non-hydrogen) atoms. The van der Waals surface area contributed by atoms with Crippen LogP contribution in [0.25, 0.3) is 0 Å². The standard InChI is InChI=1S/C11H18O4/c1-8(10(13)15-4)6-5-7-11(3,14)9(2)12/h5-7,9,12,14H,1-4H3/b7-5+,8-6+/t9-,11-/m1/s1. The number of hydrogen-bond acceptors (Lipinski definition) is 4. The maximum atomic E-state index is 11.0. The first-order chi connectivity index (χ1) is 6.81. The number of aliphatic hydroxyl groups is 2.